The van der Waals surface area contributed by atoms with Crippen LogP contribution < -0.4 is 16.8 Å². The van der Waals surface area contributed by atoms with Crippen molar-refractivity contribution in [1.29, 1.82) is 0 Å². The van der Waals surface area contributed by atoms with Gasteiger partial charge in [-0.2, -0.15) is 0 Å². The summed E-state index contributed by atoms with van der Waals surface area (Å²) in [5, 5.41) is 3.05. The quantitative estimate of drug-likeness (QED) is 0.619. The van der Waals surface area contributed by atoms with Crippen LogP contribution in [0.5, 0.6) is 0 Å². The van der Waals surface area contributed by atoms with Crippen LogP contribution in [0.15, 0.2) is 12.3 Å². The molecule has 0 saturated carbocycles. The Morgan fingerprint density at radius 2 is 2.33 bits per heavy atom. The number of pyridine rings is 1. The first-order chi connectivity index (χ1) is 7.09. The lowest BCUT2D eigenvalue weighted by molar-refractivity contribution is -0.118. The Bertz CT molecular complexity index is 351. The van der Waals surface area contributed by atoms with E-state index in [4.69, 9.17) is 11.5 Å². The molecule has 1 rings (SSSR count). The van der Waals surface area contributed by atoms with E-state index in [0.29, 0.717) is 30.9 Å². The maximum absolute atomic E-state index is 10.5. The third-order valence-corrected chi connectivity index (χ3v) is 1.95. The van der Waals surface area contributed by atoms with Gasteiger partial charge in [0, 0.05) is 19.2 Å². The minimum absolute atomic E-state index is 0.290. The standard InChI is InChI=1S/C10H16N4O/c1-7-5-8(11)10(14-6-7)13-4-2-3-9(12)15/h5-6H,2-4,11H2,1H3,(H2,12,15)(H,13,14). The highest BCUT2D eigenvalue weighted by atomic mass is 16.1. The van der Waals surface area contributed by atoms with Gasteiger partial charge in [0.15, 0.2) is 0 Å². The molecule has 0 aliphatic carbocycles. The topological polar surface area (TPSA) is 94.0 Å². The van der Waals surface area contributed by atoms with E-state index in [-0.39, 0.29) is 5.91 Å². The fraction of sp³-hybridized carbons (Fsp3) is 0.400. The number of hydrogen-bond donors (Lipinski definition) is 3. The number of carbonyl (C=O) groups excluding carboxylic acids is 1. The van der Waals surface area contributed by atoms with Crippen molar-refractivity contribution >= 4 is 17.4 Å². The van der Waals surface area contributed by atoms with E-state index in [1.807, 2.05) is 13.0 Å². The van der Waals surface area contributed by atoms with E-state index in [1.165, 1.54) is 0 Å². The molecular weight excluding hydrogens is 192 g/mol. The number of nitrogens with two attached hydrogens (primary N) is 2. The summed E-state index contributed by atoms with van der Waals surface area (Å²) < 4.78 is 0. The molecule has 5 nitrogen and oxygen atoms in total. The average Bonchev–Trinajstić information content (AvgIpc) is 2.14. The molecule has 1 aromatic heterocycles. The zero-order chi connectivity index (χ0) is 11.3. The van der Waals surface area contributed by atoms with Crippen LogP contribution in [0.2, 0.25) is 0 Å². The van der Waals surface area contributed by atoms with Gasteiger partial charge >= 0.3 is 0 Å². The van der Waals surface area contributed by atoms with Gasteiger partial charge < -0.3 is 16.8 Å². The molecule has 1 heterocycles. The second-order valence-electron chi connectivity index (χ2n) is 3.45. The molecule has 0 atom stereocenters. The average molecular weight is 208 g/mol. The normalized spacial score (nSPS) is 9.93. The molecule has 5 heteroatoms. The largest absolute Gasteiger partial charge is 0.396 e. The Morgan fingerprint density at radius 3 is 2.93 bits per heavy atom. The number of anilines is 2. The molecule has 0 bridgehead atoms. The molecule has 15 heavy (non-hydrogen) atoms. The van der Waals surface area contributed by atoms with E-state index >= 15 is 0 Å². The lowest BCUT2D eigenvalue weighted by atomic mass is 10.2. The number of amides is 1. The predicted octanol–water partition coefficient (Wildman–Crippen LogP) is 0.650. The fourth-order valence-corrected chi connectivity index (χ4v) is 1.21. The second-order valence-corrected chi connectivity index (χ2v) is 3.45. The number of rotatable bonds is 5. The van der Waals surface area contributed by atoms with Gasteiger partial charge in [-0.05, 0) is 25.0 Å². The first-order valence-electron chi connectivity index (χ1n) is 4.84. The summed E-state index contributed by atoms with van der Waals surface area (Å²) in [5.41, 5.74) is 12.4. The molecule has 0 aliphatic rings. The van der Waals surface area contributed by atoms with Crippen LogP contribution in [-0.4, -0.2) is 17.4 Å². The molecule has 1 aromatic rings. The van der Waals surface area contributed by atoms with Crippen LogP contribution in [-0.2, 0) is 4.79 Å². The number of carbonyl (C=O) groups is 1. The predicted molar refractivity (Wildman–Crippen MR) is 60.3 cm³/mol. The van der Waals surface area contributed by atoms with Crippen molar-refractivity contribution in [2.75, 3.05) is 17.6 Å². The Kier molecular flexibility index (Phi) is 3.91. The smallest absolute Gasteiger partial charge is 0.217 e. The summed E-state index contributed by atoms with van der Waals surface area (Å²) in [6.07, 6.45) is 2.80. The van der Waals surface area contributed by atoms with Crippen LogP contribution in [0.25, 0.3) is 0 Å². The van der Waals surface area contributed by atoms with Gasteiger partial charge in [0.25, 0.3) is 0 Å². The van der Waals surface area contributed by atoms with E-state index in [1.54, 1.807) is 6.20 Å². The summed E-state index contributed by atoms with van der Waals surface area (Å²) in [6, 6.07) is 1.85. The van der Waals surface area contributed by atoms with Gasteiger partial charge in [0.2, 0.25) is 5.91 Å². The molecular formula is C10H16N4O. The zero-order valence-corrected chi connectivity index (χ0v) is 8.79. The Hall–Kier alpha value is -1.78. The fourth-order valence-electron chi connectivity index (χ4n) is 1.21. The Morgan fingerprint density at radius 1 is 1.60 bits per heavy atom. The van der Waals surface area contributed by atoms with Crippen molar-refractivity contribution in [3.63, 3.8) is 0 Å². The van der Waals surface area contributed by atoms with Crippen LogP contribution in [0.3, 0.4) is 0 Å². The molecule has 5 N–H and O–H groups in total. The third-order valence-electron chi connectivity index (χ3n) is 1.95. The van der Waals surface area contributed by atoms with Crippen molar-refractivity contribution in [2.45, 2.75) is 19.8 Å². The SMILES string of the molecule is Cc1cnc(NCCCC(N)=O)c(N)c1. The van der Waals surface area contributed by atoms with Crippen molar-refractivity contribution in [2.24, 2.45) is 5.73 Å². The summed E-state index contributed by atoms with van der Waals surface area (Å²) >= 11 is 0. The number of nitrogen functional groups attached to an aromatic ring is 1. The van der Waals surface area contributed by atoms with Gasteiger partial charge in [-0.3, -0.25) is 4.79 Å². The zero-order valence-electron chi connectivity index (χ0n) is 8.79. The van der Waals surface area contributed by atoms with Crippen molar-refractivity contribution in [3.05, 3.63) is 17.8 Å². The maximum atomic E-state index is 10.5. The van der Waals surface area contributed by atoms with E-state index in [0.717, 1.165) is 5.56 Å². The van der Waals surface area contributed by atoms with Crippen LogP contribution >= 0.6 is 0 Å². The maximum Gasteiger partial charge on any atom is 0.217 e. The summed E-state index contributed by atoms with van der Waals surface area (Å²) in [7, 11) is 0. The summed E-state index contributed by atoms with van der Waals surface area (Å²) in [4.78, 5) is 14.6. The molecule has 0 unspecified atom stereocenters. The van der Waals surface area contributed by atoms with E-state index in [2.05, 4.69) is 10.3 Å². The number of aryl methyl sites for hydroxylation is 1. The van der Waals surface area contributed by atoms with E-state index in [9.17, 15) is 4.79 Å². The van der Waals surface area contributed by atoms with Crippen molar-refractivity contribution < 1.29 is 4.79 Å². The Labute approximate surface area is 88.9 Å². The van der Waals surface area contributed by atoms with E-state index < -0.39 is 0 Å². The molecule has 0 radical (unpaired) electrons. The van der Waals surface area contributed by atoms with Crippen molar-refractivity contribution in [1.82, 2.24) is 4.98 Å². The monoisotopic (exact) mass is 208 g/mol. The molecule has 0 fully saturated rings. The third kappa shape index (κ3) is 3.84. The first-order valence-corrected chi connectivity index (χ1v) is 4.84. The van der Waals surface area contributed by atoms with Gasteiger partial charge in [0.1, 0.15) is 5.82 Å². The number of aromatic nitrogens is 1. The summed E-state index contributed by atoms with van der Waals surface area (Å²) in [5.74, 6) is 0.367. The molecule has 0 aromatic carbocycles. The molecule has 1 amide bonds. The number of hydrogen-bond acceptors (Lipinski definition) is 4. The van der Waals surface area contributed by atoms with Gasteiger partial charge in [-0.15, -0.1) is 0 Å². The van der Waals surface area contributed by atoms with Gasteiger partial charge in [-0.1, -0.05) is 0 Å². The van der Waals surface area contributed by atoms with Gasteiger partial charge in [-0.25, -0.2) is 4.98 Å². The molecule has 0 spiro atoms. The van der Waals surface area contributed by atoms with Crippen LogP contribution in [0, 0.1) is 6.92 Å². The highest BCUT2D eigenvalue weighted by molar-refractivity contribution is 5.73. The second kappa shape index (κ2) is 5.19. The Balaban J connectivity index is 2.40. The van der Waals surface area contributed by atoms with Gasteiger partial charge in [0.05, 0.1) is 5.69 Å². The number of nitrogens with one attached hydrogen (secondary N) is 1. The van der Waals surface area contributed by atoms with Crippen molar-refractivity contribution in [3.8, 4) is 0 Å². The van der Waals surface area contributed by atoms with Crippen LogP contribution in [0.4, 0.5) is 11.5 Å². The summed E-state index contributed by atoms with van der Waals surface area (Å²) in [6.45, 7) is 2.57. The molecule has 0 saturated heterocycles. The highest BCUT2D eigenvalue weighted by Gasteiger charge is 2.00. The lowest BCUT2D eigenvalue weighted by Crippen LogP contribution is -2.13. The molecule has 82 valence electrons. The number of primary amides is 1. The minimum Gasteiger partial charge on any atom is -0.396 e. The minimum atomic E-state index is -0.290. The number of nitrogens with zero attached hydrogens (tertiary/aromatic N) is 1. The highest BCUT2D eigenvalue weighted by Crippen LogP contribution is 2.15. The molecule has 0 aliphatic heterocycles. The van der Waals surface area contributed by atoms with Crippen LogP contribution in [0.1, 0.15) is 18.4 Å². The first kappa shape index (κ1) is 11.3. The lowest BCUT2D eigenvalue weighted by Gasteiger charge is -2.07.